The summed E-state index contributed by atoms with van der Waals surface area (Å²) in [7, 11) is 0. The number of aromatic nitrogens is 3. The summed E-state index contributed by atoms with van der Waals surface area (Å²) in [6.45, 7) is 0. The molecule has 0 saturated carbocycles. The van der Waals surface area contributed by atoms with Gasteiger partial charge in [0, 0.05) is 28.4 Å². The predicted molar refractivity (Wildman–Crippen MR) is 89.2 cm³/mol. The molecule has 0 aliphatic carbocycles. The highest BCUT2D eigenvalue weighted by molar-refractivity contribution is 5.88. The monoisotopic (exact) mass is 286 g/mol. The van der Waals surface area contributed by atoms with E-state index in [1.165, 1.54) is 0 Å². The SMILES string of the molecule is Nc1cccc(-c2ncccc2-c2ccc3[nH]ncc3c2)c1. The molecule has 0 bridgehead atoms. The molecule has 4 rings (SSSR count). The number of nitrogens with zero attached hydrogens (tertiary/aromatic N) is 2. The second-order valence-electron chi connectivity index (χ2n) is 5.20. The molecule has 4 nitrogen and oxygen atoms in total. The van der Waals surface area contributed by atoms with Gasteiger partial charge < -0.3 is 5.73 Å². The third-order valence-electron chi connectivity index (χ3n) is 3.72. The summed E-state index contributed by atoms with van der Waals surface area (Å²) in [6.07, 6.45) is 3.63. The highest BCUT2D eigenvalue weighted by Crippen LogP contribution is 2.32. The highest BCUT2D eigenvalue weighted by Gasteiger charge is 2.09. The number of nitrogen functional groups attached to an aromatic ring is 1. The van der Waals surface area contributed by atoms with Gasteiger partial charge in [-0.05, 0) is 35.9 Å². The Morgan fingerprint density at radius 2 is 1.86 bits per heavy atom. The number of nitrogens with two attached hydrogens (primary N) is 1. The molecule has 0 saturated heterocycles. The summed E-state index contributed by atoms with van der Waals surface area (Å²) in [5.74, 6) is 0. The first-order valence-electron chi connectivity index (χ1n) is 7.06. The number of pyridine rings is 1. The summed E-state index contributed by atoms with van der Waals surface area (Å²) < 4.78 is 0. The van der Waals surface area contributed by atoms with Crippen LogP contribution in [0.25, 0.3) is 33.3 Å². The number of nitrogens with one attached hydrogen (secondary N) is 1. The fourth-order valence-electron chi connectivity index (χ4n) is 2.66. The molecule has 0 spiro atoms. The molecule has 0 unspecified atom stereocenters. The fourth-order valence-corrected chi connectivity index (χ4v) is 2.66. The van der Waals surface area contributed by atoms with Gasteiger partial charge >= 0.3 is 0 Å². The van der Waals surface area contributed by atoms with Crippen LogP contribution in [-0.4, -0.2) is 15.2 Å². The number of anilines is 1. The molecule has 22 heavy (non-hydrogen) atoms. The van der Waals surface area contributed by atoms with Crippen molar-refractivity contribution in [2.24, 2.45) is 0 Å². The van der Waals surface area contributed by atoms with Gasteiger partial charge in [-0.25, -0.2) is 0 Å². The molecular formula is C18H14N4. The molecule has 2 aromatic carbocycles. The van der Waals surface area contributed by atoms with Gasteiger partial charge in [0.1, 0.15) is 0 Å². The van der Waals surface area contributed by atoms with E-state index in [1.54, 1.807) is 6.20 Å². The van der Waals surface area contributed by atoms with Gasteiger partial charge in [0.25, 0.3) is 0 Å². The minimum absolute atomic E-state index is 0.736. The minimum atomic E-state index is 0.736. The van der Waals surface area contributed by atoms with E-state index >= 15 is 0 Å². The zero-order valence-electron chi connectivity index (χ0n) is 11.8. The van der Waals surface area contributed by atoms with Crippen molar-refractivity contribution < 1.29 is 0 Å². The van der Waals surface area contributed by atoms with E-state index < -0.39 is 0 Å². The molecule has 0 aliphatic rings. The van der Waals surface area contributed by atoms with Crippen molar-refractivity contribution in [2.75, 3.05) is 5.73 Å². The van der Waals surface area contributed by atoms with Crippen molar-refractivity contribution in [3.63, 3.8) is 0 Å². The van der Waals surface area contributed by atoms with E-state index in [0.29, 0.717) is 0 Å². The molecular weight excluding hydrogens is 272 g/mol. The van der Waals surface area contributed by atoms with Crippen LogP contribution in [0, 0.1) is 0 Å². The average molecular weight is 286 g/mol. The van der Waals surface area contributed by atoms with Gasteiger partial charge in [-0.15, -0.1) is 0 Å². The fraction of sp³-hybridized carbons (Fsp3) is 0. The molecule has 0 amide bonds. The van der Waals surface area contributed by atoms with Crippen molar-refractivity contribution in [3.8, 4) is 22.4 Å². The third-order valence-corrected chi connectivity index (χ3v) is 3.72. The van der Waals surface area contributed by atoms with Crippen LogP contribution in [0.1, 0.15) is 0 Å². The molecule has 0 atom stereocenters. The van der Waals surface area contributed by atoms with E-state index in [0.717, 1.165) is 39.0 Å². The van der Waals surface area contributed by atoms with Crippen LogP contribution in [0.5, 0.6) is 0 Å². The second-order valence-corrected chi connectivity index (χ2v) is 5.20. The average Bonchev–Trinajstić information content (AvgIpc) is 3.02. The number of hydrogen-bond donors (Lipinski definition) is 2. The molecule has 2 heterocycles. The lowest BCUT2D eigenvalue weighted by Crippen LogP contribution is -1.91. The molecule has 0 radical (unpaired) electrons. The quantitative estimate of drug-likeness (QED) is 0.550. The summed E-state index contributed by atoms with van der Waals surface area (Å²) in [5, 5.41) is 8.12. The van der Waals surface area contributed by atoms with Gasteiger partial charge in [0.05, 0.1) is 17.4 Å². The first-order valence-corrected chi connectivity index (χ1v) is 7.06. The molecule has 0 aliphatic heterocycles. The summed E-state index contributed by atoms with van der Waals surface area (Å²) >= 11 is 0. The largest absolute Gasteiger partial charge is 0.399 e. The molecule has 106 valence electrons. The zero-order valence-corrected chi connectivity index (χ0v) is 11.8. The molecule has 4 heteroatoms. The molecule has 0 fully saturated rings. The van der Waals surface area contributed by atoms with Crippen molar-refractivity contribution >= 4 is 16.6 Å². The number of aromatic amines is 1. The first-order chi connectivity index (χ1) is 10.8. The Bertz CT molecular complexity index is 956. The van der Waals surface area contributed by atoms with E-state index in [-0.39, 0.29) is 0 Å². The van der Waals surface area contributed by atoms with Gasteiger partial charge in [0.15, 0.2) is 0 Å². The molecule has 4 aromatic rings. The number of fused-ring (bicyclic) bond motifs is 1. The number of hydrogen-bond acceptors (Lipinski definition) is 3. The summed E-state index contributed by atoms with van der Waals surface area (Å²) in [5.41, 5.74) is 11.8. The van der Waals surface area contributed by atoms with Gasteiger partial charge in [-0.2, -0.15) is 5.10 Å². The molecule has 2 aromatic heterocycles. The lowest BCUT2D eigenvalue weighted by atomic mass is 9.98. The van der Waals surface area contributed by atoms with Gasteiger partial charge in [0.2, 0.25) is 0 Å². The lowest BCUT2D eigenvalue weighted by Gasteiger charge is -2.09. The van der Waals surface area contributed by atoms with Crippen molar-refractivity contribution in [1.82, 2.24) is 15.2 Å². The minimum Gasteiger partial charge on any atom is -0.399 e. The maximum absolute atomic E-state index is 5.91. The van der Waals surface area contributed by atoms with Crippen molar-refractivity contribution in [1.29, 1.82) is 0 Å². The van der Waals surface area contributed by atoms with Crippen LogP contribution in [-0.2, 0) is 0 Å². The Kier molecular flexibility index (Phi) is 2.86. The smallest absolute Gasteiger partial charge is 0.0781 e. The van der Waals surface area contributed by atoms with Crippen LogP contribution >= 0.6 is 0 Å². The maximum Gasteiger partial charge on any atom is 0.0781 e. The predicted octanol–water partition coefficient (Wildman–Crippen LogP) is 3.87. The standard InChI is InChI=1S/C18H14N4/c19-15-4-1-3-13(10-15)18-16(5-2-8-20-18)12-6-7-17-14(9-12)11-21-22-17/h1-11H,19H2,(H,21,22). The number of H-pyrrole nitrogens is 1. The normalized spacial score (nSPS) is 10.9. The van der Waals surface area contributed by atoms with Crippen LogP contribution in [0.2, 0.25) is 0 Å². The third kappa shape index (κ3) is 2.11. The summed E-state index contributed by atoms with van der Waals surface area (Å²) in [6, 6.07) is 18.1. The van der Waals surface area contributed by atoms with Gasteiger partial charge in [-0.3, -0.25) is 10.1 Å². The van der Waals surface area contributed by atoms with Crippen LogP contribution in [0.15, 0.2) is 67.0 Å². The Balaban J connectivity index is 1.92. The van der Waals surface area contributed by atoms with E-state index in [1.807, 2.05) is 42.6 Å². The molecule has 3 N–H and O–H groups in total. The van der Waals surface area contributed by atoms with Crippen LogP contribution in [0.4, 0.5) is 5.69 Å². The highest BCUT2D eigenvalue weighted by atomic mass is 15.1. The number of benzene rings is 2. The first kappa shape index (κ1) is 12.6. The topological polar surface area (TPSA) is 67.6 Å². The Morgan fingerprint density at radius 1 is 0.909 bits per heavy atom. The van der Waals surface area contributed by atoms with Crippen molar-refractivity contribution in [2.45, 2.75) is 0 Å². The Hall–Kier alpha value is -3.14. The van der Waals surface area contributed by atoms with Crippen LogP contribution in [0.3, 0.4) is 0 Å². The number of rotatable bonds is 2. The Morgan fingerprint density at radius 3 is 2.77 bits per heavy atom. The van der Waals surface area contributed by atoms with E-state index in [2.05, 4.69) is 33.4 Å². The summed E-state index contributed by atoms with van der Waals surface area (Å²) in [4.78, 5) is 4.56. The van der Waals surface area contributed by atoms with Crippen LogP contribution < -0.4 is 5.73 Å². The second kappa shape index (κ2) is 5.00. The van der Waals surface area contributed by atoms with Crippen molar-refractivity contribution in [3.05, 3.63) is 67.0 Å². The lowest BCUT2D eigenvalue weighted by molar-refractivity contribution is 1.12. The maximum atomic E-state index is 5.91. The van der Waals surface area contributed by atoms with Gasteiger partial charge in [-0.1, -0.05) is 24.3 Å². The Labute approximate surface area is 127 Å². The van der Waals surface area contributed by atoms with E-state index in [4.69, 9.17) is 5.73 Å². The zero-order chi connectivity index (χ0) is 14.9. The van der Waals surface area contributed by atoms with E-state index in [9.17, 15) is 0 Å².